The highest BCUT2D eigenvalue weighted by molar-refractivity contribution is 5.79. The second-order valence-electron chi connectivity index (χ2n) is 5.93. The Kier molecular flexibility index (Phi) is 3.11. The first-order valence-electron chi connectivity index (χ1n) is 7.06. The third kappa shape index (κ3) is 2.16. The van der Waals surface area contributed by atoms with E-state index < -0.39 is 0 Å². The van der Waals surface area contributed by atoms with Gasteiger partial charge in [0.1, 0.15) is 0 Å². The Morgan fingerprint density at radius 1 is 1.28 bits per heavy atom. The largest absolute Gasteiger partial charge is 0.352 e. The zero-order chi connectivity index (χ0) is 12.5. The topological polar surface area (TPSA) is 29.1 Å². The summed E-state index contributed by atoms with van der Waals surface area (Å²) in [4.78, 5) is 12.2. The number of nitrogens with one attached hydrogen (secondary N) is 1. The van der Waals surface area contributed by atoms with E-state index in [1.165, 1.54) is 30.4 Å². The average Bonchev–Trinajstić information content (AvgIpc) is 2.99. The number of aryl methyl sites for hydroxylation is 1. The van der Waals surface area contributed by atoms with Crippen molar-refractivity contribution >= 4 is 5.91 Å². The third-order valence-corrected chi connectivity index (χ3v) is 4.79. The van der Waals surface area contributed by atoms with Crippen LogP contribution < -0.4 is 5.32 Å². The summed E-state index contributed by atoms with van der Waals surface area (Å²) in [7, 11) is 0. The van der Waals surface area contributed by atoms with Crippen LogP contribution in [0.2, 0.25) is 0 Å². The van der Waals surface area contributed by atoms with E-state index in [2.05, 4.69) is 24.4 Å². The highest BCUT2D eigenvalue weighted by atomic mass is 16.1. The standard InChI is InChI=1S/C16H21NO/c1-11-4-2-3-5-14(11)10-17-16(18)15-9-12-6-7-13(15)8-12/h2-5,12-13,15H,6-10H2,1H3,(H,17,18)/t12-,13-,15-/m0/s1. The van der Waals surface area contributed by atoms with Crippen molar-refractivity contribution in [1.29, 1.82) is 0 Å². The van der Waals surface area contributed by atoms with Crippen molar-refractivity contribution < 1.29 is 4.79 Å². The molecule has 2 nitrogen and oxygen atoms in total. The molecule has 18 heavy (non-hydrogen) atoms. The van der Waals surface area contributed by atoms with Crippen molar-refractivity contribution in [3.8, 4) is 0 Å². The van der Waals surface area contributed by atoms with Crippen LogP contribution in [0.15, 0.2) is 24.3 Å². The first kappa shape index (κ1) is 11.8. The van der Waals surface area contributed by atoms with Gasteiger partial charge < -0.3 is 5.32 Å². The van der Waals surface area contributed by atoms with Gasteiger partial charge in [0.2, 0.25) is 5.91 Å². The predicted molar refractivity (Wildman–Crippen MR) is 72.0 cm³/mol. The van der Waals surface area contributed by atoms with E-state index in [0.29, 0.717) is 18.4 Å². The highest BCUT2D eigenvalue weighted by Gasteiger charge is 2.42. The molecule has 0 unspecified atom stereocenters. The third-order valence-electron chi connectivity index (χ3n) is 4.79. The predicted octanol–water partition coefficient (Wildman–Crippen LogP) is 3.05. The van der Waals surface area contributed by atoms with E-state index in [1.54, 1.807) is 0 Å². The Bertz CT molecular complexity index is 454. The van der Waals surface area contributed by atoms with Gasteiger partial charge in [0.15, 0.2) is 0 Å². The smallest absolute Gasteiger partial charge is 0.223 e. The van der Waals surface area contributed by atoms with Crippen molar-refractivity contribution in [2.24, 2.45) is 17.8 Å². The molecular formula is C16H21NO. The monoisotopic (exact) mass is 243 g/mol. The molecule has 0 heterocycles. The molecule has 2 aliphatic carbocycles. The lowest BCUT2D eigenvalue weighted by Crippen LogP contribution is -2.33. The van der Waals surface area contributed by atoms with Gasteiger partial charge in [0, 0.05) is 12.5 Å². The average molecular weight is 243 g/mol. The summed E-state index contributed by atoms with van der Waals surface area (Å²) in [6.07, 6.45) is 5.05. The van der Waals surface area contributed by atoms with Gasteiger partial charge in [-0.25, -0.2) is 0 Å². The van der Waals surface area contributed by atoms with Crippen molar-refractivity contribution in [2.75, 3.05) is 0 Å². The summed E-state index contributed by atoms with van der Waals surface area (Å²) >= 11 is 0. The maximum atomic E-state index is 12.2. The summed E-state index contributed by atoms with van der Waals surface area (Å²) in [5, 5.41) is 3.13. The zero-order valence-electron chi connectivity index (χ0n) is 11.0. The lowest BCUT2D eigenvalue weighted by atomic mass is 9.88. The molecule has 3 rings (SSSR count). The molecule has 1 aromatic rings. The maximum Gasteiger partial charge on any atom is 0.223 e. The van der Waals surface area contributed by atoms with Gasteiger partial charge in [0.05, 0.1) is 0 Å². The molecule has 2 heteroatoms. The lowest BCUT2D eigenvalue weighted by molar-refractivity contribution is -0.126. The first-order chi connectivity index (χ1) is 8.74. The second-order valence-corrected chi connectivity index (χ2v) is 5.93. The van der Waals surface area contributed by atoms with Crippen LogP contribution in [0.5, 0.6) is 0 Å². The Morgan fingerprint density at radius 2 is 2.11 bits per heavy atom. The second kappa shape index (κ2) is 4.75. The van der Waals surface area contributed by atoms with E-state index in [4.69, 9.17) is 0 Å². The number of carbonyl (C=O) groups excluding carboxylic acids is 1. The lowest BCUT2D eigenvalue weighted by Gasteiger charge is -2.21. The molecule has 2 bridgehead atoms. The van der Waals surface area contributed by atoms with Crippen LogP contribution in [0.3, 0.4) is 0 Å². The van der Waals surface area contributed by atoms with Crippen LogP contribution in [0.1, 0.15) is 36.8 Å². The molecule has 2 aliphatic rings. The fourth-order valence-electron chi connectivity index (χ4n) is 3.69. The minimum atomic E-state index is 0.283. The minimum absolute atomic E-state index is 0.283. The number of carbonyl (C=O) groups is 1. The Labute approximate surface area is 109 Å². The van der Waals surface area contributed by atoms with Crippen molar-refractivity contribution in [1.82, 2.24) is 5.32 Å². The quantitative estimate of drug-likeness (QED) is 0.868. The van der Waals surface area contributed by atoms with Crippen LogP contribution in [0.25, 0.3) is 0 Å². The van der Waals surface area contributed by atoms with Crippen molar-refractivity contribution in [2.45, 2.75) is 39.2 Å². The fraction of sp³-hybridized carbons (Fsp3) is 0.562. The molecule has 1 aromatic carbocycles. The Hall–Kier alpha value is -1.31. The van der Waals surface area contributed by atoms with E-state index in [1.807, 2.05) is 12.1 Å². The summed E-state index contributed by atoms with van der Waals surface area (Å²) < 4.78 is 0. The molecular weight excluding hydrogens is 222 g/mol. The maximum absolute atomic E-state index is 12.2. The Balaban J connectivity index is 1.58. The van der Waals surface area contributed by atoms with Crippen LogP contribution in [-0.2, 0) is 11.3 Å². The molecule has 2 saturated carbocycles. The number of hydrogen-bond donors (Lipinski definition) is 1. The zero-order valence-corrected chi connectivity index (χ0v) is 11.0. The Morgan fingerprint density at radius 3 is 2.78 bits per heavy atom. The van der Waals surface area contributed by atoms with E-state index in [-0.39, 0.29) is 5.91 Å². The van der Waals surface area contributed by atoms with E-state index in [0.717, 1.165) is 12.3 Å². The van der Waals surface area contributed by atoms with Crippen LogP contribution >= 0.6 is 0 Å². The number of rotatable bonds is 3. The van der Waals surface area contributed by atoms with E-state index in [9.17, 15) is 4.79 Å². The highest BCUT2D eigenvalue weighted by Crippen LogP contribution is 2.48. The van der Waals surface area contributed by atoms with Crippen LogP contribution in [0, 0.1) is 24.7 Å². The molecule has 2 fully saturated rings. The number of hydrogen-bond acceptors (Lipinski definition) is 1. The minimum Gasteiger partial charge on any atom is -0.352 e. The van der Waals surface area contributed by atoms with Gasteiger partial charge in [-0.2, -0.15) is 0 Å². The summed E-state index contributed by atoms with van der Waals surface area (Å²) in [5.74, 6) is 2.09. The molecule has 1 N–H and O–H groups in total. The van der Waals surface area contributed by atoms with Crippen molar-refractivity contribution in [3.63, 3.8) is 0 Å². The van der Waals surface area contributed by atoms with Crippen LogP contribution in [0.4, 0.5) is 0 Å². The molecule has 96 valence electrons. The fourth-order valence-corrected chi connectivity index (χ4v) is 3.69. The number of fused-ring (bicyclic) bond motifs is 2. The molecule has 1 amide bonds. The summed E-state index contributed by atoms with van der Waals surface area (Å²) in [6, 6.07) is 8.26. The van der Waals surface area contributed by atoms with Gasteiger partial charge in [-0.1, -0.05) is 30.7 Å². The van der Waals surface area contributed by atoms with Crippen LogP contribution in [-0.4, -0.2) is 5.91 Å². The summed E-state index contributed by atoms with van der Waals surface area (Å²) in [5.41, 5.74) is 2.49. The molecule has 0 aromatic heterocycles. The summed E-state index contributed by atoms with van der Waals surface area (Å²) in [6.45, 7) is 2.78. The molecule has 0 aliphatic heterocycles. The molecule has 3 atom stereocenters. The van der Waals surface area contributed by atoms with Gasteiger partial charge >= 0.3 is 0 Å². The van der Waals surface area contributed by atoms with Gasteiger partial charge in [-0.3, -0.25) is 4.79 Å². The van der Waals surface area contributed by atoms with Gasteiger partial charge in [0.25, 0.3) is 0 Å². The number of benzene rings is 1. The van der Waals surface area contributed by atoms with Crippen molar-refractivity contribution in [3.05, 3.63) is 35.4 Å². The van der Waals surface area contributed by atoms with Gasteiger partial charge in [-0.05, 0) is 49.1 Å². The number of amides is 1. The molecule has 0 saturated heterocycles. The first-order valence-corrected chi connectivity index (χ1v) is 7.06. The molecule has 0 spiro atoms. The SMILES string of the molecule is Cc1ccccc1CNC(=O)[C@H]1C[C@H]2CC[C@H]1C2. The van der Waals surface area contributed by atoms with Gasteiger partial charge in [-0.15, -0.1) is 0 Å². The van der Waals surface area contributed by atoms with E-state index >= 15 is 0 Å². The normalized spacial score (nSPS) is 29.5. The molecule has 0 radical (unpaired) electrons.